The second kappa shape index (κ2) is 11.1. The van der Waals surface area contributed by atoms with Crippen molar-refractivity contribution in [3.63, 3.8) is 0 Å². The molecule has 1 atom stereocenters. The Morgan fingerprint density at radius 3 is 2.12 bits per heavy atom. The van der Waals surface area contributed by atoms with Gasteiger partial charge >= 0.3 is 0 Å². The lowest BCUT2D eigenvalue weighted by Gasteiger charge is -2.32. The Morgan fingerprint density at radius 2 is 1.59 bits per heavy atom. The molecule has 0 bridgehead atoms. The molecule has 1 N–H and O–H groups in total. The van der Waals surface area contributed by atoms with Crippen LogP contribution in [-0.4, -0.2) is 50.5 Å². The molecule has 0 aliphatic heterocycles. The monoisotopic (exact) mass is 459 g/mol. The molecule has 8 heteroatoms. The minimum absolute atomic E-state index is 0.199. The SMILES string of the molecule is CCCNC(=O)[C@@H](C)N(Cc1ccccc1)C(=O)CN(c1c(C)cccc1C)S(C)(=O)=O. The van der Waals surface area contributed by atoms with E-state index in [0.717, 1.165) is 33.7 Å². The van der Waals surface area contributed by atoms with Gasteiger partial charge in [0.1, 0.15) is 12.6 Å². The Balaban J connectivity index is 2.40. The fourth-order valence-electron chi connectivity index (χ4n) is 3.53. The van der Waals surface area contributed by atoms with Crippen molar-refractivity contribution in [2.75, 3.05) is 23.7 Å². The highest BCUT2D eigenvalue weighted by Crippen LogP contribution is 2.27. The van der Waals surface area contributed by atoms with Crippen LogP contribution in [0.25, 0.3) is 0 Å². The molecule has 7 nitrogen and oxygen atoms in total. The number of hydrogen-bond donors (Lipinski definition) is 1. The van der Waals surface area contributed by atoms with Gasteiger partial charge in [-0.25, -0.2) is 8.42 Å². The van der Waals surface area contributed by atoms with Crippen LogP contribution >= 0.6 is 0 Å². The summed E-state index contributed by atoms with van der Waals surface area (Å²) < 4.78 is 26.5. The molecule has 2 aromatic carbocycles. The van der Waals surface area contributed by atoms with Crippen molar-refractivity contribution in [1.29, 1.82) is 0 Å². The third kappa shape index (κ3) is 6.56. The van der Waals surface area contributed by atoms with Gasteiger partial charge in [0, 0.05) is 13.1 Å². The molecule has 0 spiro atoms. The van der Waals surface area contributed by atoms with Gasteiger partial charge in [-0.2, -0.15) is 0 Å². The molecule has 0 heterocycles. The van der Waals surface area contributed by atoms with Crippen molar-refractivity contribution in [1.82, 2.24) is 10.2 Å². The maximum atomic E-state index is 13.5. The van der Waals surface area contributed by atoms with E-state index in [-0.39, 0.29) is 19.0 Å². The average Bonchev–Trinajstić information content (AvgIpc) is 2.74. The summed E-state index contributed by atoms with van der Waals surface area (Å²) in [4.78, 5) is 27.6. The summed E-state index contributed by atoms with van der Waals surface area (Å²) in [5.74, 6) is -0.713. The number of anilines is 1. The fraction of sp³-hybridized carbons (Fsp3) is 0.417. The lowest BCUT2D eigenvalue weighted by molar-refractivity contribution is -0.139. The molecule has 32 heavy (non-hydrogen) atoms. The molecule has 0 saturated carbocycles. The number of nitrogens with zero attached hydrogens (tertiary/aromatic N) is 2. The highest BCUT2D eigenvalue weighted by atomic mass is 32.2. The molecule has 2 aromatic rings. The Kier molecular flexibility index (Phi) is 8.83. The number of carbonyl (C=O) groups excluding carboxylic acids is 2. The maximum absolute atomic E-state index is 13.5. The van der Waals surface area contributed by atoms with E-state index in [0.29, 0.717) is 12.2 Å². The van der Waals surface area contributed by atoms with Crippen LogP contribution in [-0.2, 0) is 26.2 Å². The molecule has 0 radical (unpaired) electrons. The van der Waals surface area contributed by atoms with E-state index < -0.39 is 22.0 Å². The number of sulfonamides is 1. The van der Waals surface area contributed by atoms with Crippen LogP contribution < -0.4 is 9.62 Å². The van der Waals surface area contributed by atoms with Crippen molar-refractivity contribution in [3.05, 3.63) is 65.2 Å². The normalized spacial score (nSPS) is 12.2. The lowest BCUT2D eigenvalue weighted by atomic mass is 10.1. The summed E-state index contributed by atoms with van der Waals surface area (Å²) in [6, 6.07) is 14.1. The molecule has 0 aliphatic carbocycles. The number of amides is 2. The number of hydrogen-bond acceptors (Lipinski definition) is 4. The summed E-state index contributed by atoms with van der Waals surface area (Å²) in [7, 11) is -3.74. The molecule has 0 saturated heterocycles. The van der Waals surface area contributed by atoms with Crippen LogP contribution in [0.2, 0.25) is 0 Å². The van der Waals surface area contributed by atoms with Gasteiger partial charge in [0.2, 0.25) is 21.8 Å². The molecule has 0 aliphatic rings. The number of nitrogens with one attached hydrogen (secondary N) is 1. The number of benzene rings is 2. The molecular formula is C24H33N3O4S. The van der Waals surface area contributed by atoms with Crippen LogP contribution in [0.5, 0.6) is 0 Å². The second-order valence-electron chi connectivity index (χ2n) is 7.98. The van der Waals surface area contributed by atoms with Gasteiger partial charge < -0.3 is 10.2 Å². The second-order valence-corrected chi connectivity index (χ2v) is 9.89. The van der Waals surface area contributed by atoms with Crippen molar-refractivity contribution >= 4 is 27.5 Å². The van der Waals surface area contributed by atoms with Gasteiger partial charge in [0.05, 0.1) is 11.9 Å². The number of carbonyl (C=O) groups is 2. The molecule has 0 aromatic heterocycles. The van der Waals surface area contributed by atoms with Crippen LogP contribution in [0.3, 0.4) is 0 Å². The van der Waals surface area contributed by atoms with Crippen LogP contribution in [0.4, 0.5) is 5.69 Å². The van der Waals surface area contributed by atoms with Crippen molar-refractivity contribution in [2.24, 2.45) is 0 Å². The van der Waals surface area contributed by atoms with E-state index in [1.54, 1.807) is 6.92 Å². The largest absolute Gasteiger partial charge is 0.354 e. The molecule has 0 fully saturated rings. The summed E-state index contributed by atoms with van der Waals surface area (Å²) in [5.41, 5.74) is 2.86. The highest BCUT2D eigenvalue weighted by Gasteiger charge is 2.30. The van der Waals surface area contributed by atoms with Gasteiger partial charge in [-0.15, -0.1) is 0 Å². The van der Waals surface area contributed by atoms with E-state index >= 15 is 0 Å². The van der Waals surface area contributed by atoms with Gasteiger partial charge in [0.15, 0.2) is 0 Å². The lowest BCUT2D eigenvalue weighted by Crippen LogP contribution is -2.51. The van der Waals surface area contributed by atoms with E-state index in [2.05, 4.69) is 5.32 Å². The van der Waals surface area contributed by atoms with Gasteiger partial charge in [0.25, 0.3) is 0 Å². The van der Waals surface area contributed by atoms with Crippen molar-refractivity contribution in [3.8, 4) is 0 Å². The number of para-hydroxylation sites is 1. The first-order valence-electron chi connectivity index (χ1n) is 10.7. The number of rotatable bonds is 10. The van der Waals surface area contributed by atoms with Gasteiger partial charge in [-0.05, 0) is 43.9 Å². The molecule has 2 amide bonds. The first kappa shape index (κ1) is 25.4. The summed E-state index contributed by atoms with van der Waals surface area (Å²) in [5, 5.41) is 2.82. The predicted octanol–water partition coefficient (Wildman–Crippen LogP) is 3.01. The molecule has 0 unspecified atom stereocenters. The zero-order valence-electron chi connectivity index (χ0n) is 19.5. The summed E-state index contributed by atoms with van der Waals surface area (Å²) in [6.45, 7) is 7.56. The zero-order valence-corrected chi connectivity index (χ0v) is 20.3. The first-order chi connectivity index (χ1) is 15.1. The van der Waals surface area contributed by atoms with Crippen LogP contribution in [0, 0.1) is 13.8 Å². The first-order valence-corrected chi connectivity index (χ1v) is 12.6. The third-order valence-corrected chi connectivity index (χ3v) is 6.39. The Hall–Kier alpha value is -2.87. The summed E-state index contributed by atoms with van der Waals surface area (Å²) >= 11 is 0. The average molecular weight is 460 g/mol. The molecule has 174 valence electrons. The van der Waals surface area contributed by atoms with E-state index in [9.17, 15) is 18.0 Å². The Bertz CT molecular complexity index is 1020. The minimum Gasteiger partial charge on any atom is -0.354 e. The Labute approximate surface area is 191 Å². The van der Waals surface area contributed by atoms with Crippen LogP contribution in [0.15, 0.2) is 48.5 Å². The number of aryl methyl sites for hydroxylation is 2. The highest BCUT2D eigenvalue weighted by molar-refractivity contribution is 7.92. The third-order valence-electron chi connectivity index (χ3n) is 5.28. The van der Waals surface area contributed by atoms with E-state index in [1.165, 1.54) is 4.90 Å². The van der Waals surface area contributed by atoms with Gasteiger partial charge in [-0.3, -0.25) is 13.9 Å². The molecule has 2 rings (SSSR count). The zero-order chi connectivity index (χ0) is 23.9. The van der Waals surface area contributed by atoms with Crippen molar-refractivity contribution < 1.29 is 18.0 Å². The quantitative estimate of drug-likeness (QED) is 0.592. The topological polar surface area (TPSA) is 86.8 Å². The van der Waals surface area contributed by atoms with E-state index in [1.807, 2.05) is 69.3 Å². The Morgan fingerprint density at radius 1 is 1.00 bits per heavy atom. The predicted molar refractivity (Wildman–Crippen MR) is 128 cm³/mol. The van der Waals surface area contributed by atoms with Gasteiger partial charge in [-0.1, -0.05) is 55.5 Å². The minimum atomic E-state index is -3.74. The molecular weight excluding hydrogens is 426 g/mol. The summed E-state index contributed by atoms with van der Waals surface area (Å²) in [6.07, 6.45) is 1.87. The smallest absolute Gasteiger partial charge is 0.244 e. The van der Waals surface area contributed by atoms with Crippen molar-refractivity contribution in [2.45, 2.75) is 46.7 Å². The fourth-order valence-corrected chi connectivity index (χ4v) is 4.50. The van der Waals surface area contributed by atoms with E-state index in [4.69, 9.17) is 0 Å². The standard InChI is InChI=1S/C24H33N3O4S/c1-6-15-25-24(29)20(4)26(16-21-13-8-7-9-14-21)22(28)17-27(32(5,30)31)23-18(2)11-10-12-19(23)3/h7-14,20H,6,15-17H2,1-5H3,(H,25,29)/t20-/m1/s1. The maximum Gasteiger partial charge on any atom is 0.244 e. The van der Waals surface area contributed by atoms with Crippen LogP contribution in [0.1, 0.15) is 37.0 Å².